The Kier molecular flexibility index (Phi) is 9.49. The minimum atomic E-state index is -0.562. The van der Waals surface area contributed by atoms with Gasteiger partial charge in [-0.1, -0.05) is 68.1 Å². The van der Waals surface area contributed by atoms with Gasteiger partial charge in [0.05, 0.1) is 17.3 Å². The van der Waals surface area contributed by atoms with E-state index in [2.05, 4.69) is 50.8 Å². The van der Waals surface area contributed by atoms with Crippen molar-refractivity contribution < 1.29 is 5.11 Å². The van der Waals surface area contributed by atoms with Crippen LogP contribution in [0.1, 0.15) is 73.6 Å². The molecule has 1 unspecified atom stereocenters. The second kappa shape index (κ2) is 12.3. The number of rotatable bonds is 11. The summed E-state index contributed by atoms with van der Waals surface area (Å²) >= 11 is 6.02. The first-order valence-electron chi connectivity index (χ1n) is 12.2. The lowest BCUT2D eigenvalue weighted by atomic mass is 9.97. The zero-order valence-electron chi connectivity index (χ0n) is 20.4. The van der Waals surface area contributed by atoms with Crippen LogP contribution in [-0.4, -0.2) is 34.6 Å². The quantitative estimate of drug-likeness (QED) is 0.317. The molecule has 0 aliphatic rings. The first-order chi connectivity index (χ1) is 15.9. The highest BCUT2D eigenvalue weighted by Crippen LogP contribution is 2.29. The average Bonchev–Trinajstić information content (AvgIpc) is 2.80. The molecule has 4 heteroatoms. The summed E-state index contributed by atoms with van der Waals surface area (Å²) < 4.78 is 0. The number of unbranched alkanes of at least 4 members (excludes halogenated alkanes) is 2. The Morgan fingerprint density at radius 3 is 2.27 bits per heavy atom. The van der Waals surface area contributed by atoms with Gasteiger partial charge >= 0.3 is 0 Å². The molecule has 0 amide bonds. The van der Waals surface area contributed by atoms with Gasteiger partial charge in [0.15, 0.2) is 0 Å². The molecule has 1 heterocycles. The monoisotopic (exact) mass is 464 g/mol. The Morgan fingerprint density at radius 1 is 0.970 bits per heavy atom. The van der Waals surface area contributed by atoms with E-state index in [0.29, 0.717) is 6.54 Å². The van der Waals surface area contributed by atoms with E-state index in [-0.39, 0.29) is 0 Å². The van der Waals surface area contributed by atoms with Crippen molar-refractivity contribution in [1.29, 1.82) is 0 Å². The highest BCUT2D eigenvalue weighted by atomic mass is 35.5. The van der Waals surface area contributed by atoms with Crippen molar-refractivity contribution in [3.05, 3.63) is 75.4 Å². The van der Waals surface area contributed by atoms with E-state index in [1.807, 2.05) is 36.4 Å². The van der Waals surface area contributed by atoms with Gasteiger partial charge < -0.3 is 10.0 Å². The Hall–Kier alpha value is -2.20. The van der Waals surface area contributed by atoms with Crippen molar-refractivity contribution >= 4 is 34.7 Å². The molecule has 1 atom stereocenters. The molecule has 1 aromatic heterocycles. The molecular formula is C29H37ClN2O. The third-order valence-electron chi connectivity index (χ3n) is 6.06. The normalized spacial score (nSPS) is 12.8. The first-order valence-corrected chi connectivity index (χ1v) is 12.5. The number of halogens is 1. The zero-order chi connectivity index (χ0) is 23.8. The fourth-order valence-electron chi connectivity index (χ4n) is 4.24. The number of aryl methyl sites for hydroxylation is 2. The van der Waals surface area contributed by atoms with Gasteiger partial charge in [0.1, 0.15) is 0 Å². The fraction of sp³-hybridized carbons (Fsp3) is 0.414. The van der Waals surface area contributed by atoms with Gasteiger partial charge in [-0.2, -0.15) is 0 Å². The summed E-state index contributed by atoms with van der Waals surface area (Å²) in [5.41, 5.74) is 6.16. The van der Waals surface area contributed by atoms with E-state index < -0.39 is 6.10 Å². The van der Waals surface area contributed by atoms with E-state index in [9.17, 15) is 5.11 Å². The Bertz CT molecular complexity index is 1070. The van der Waals surface area contributed by atoms with Crippen molar-refractivity contribution in [2.45, 2.75) is 59.5 Å². The van der Waals surface area contributed by atoms with Crippen LogP contribution in [0.4, 0.5) is 0 Å². The molecular weight excluding hydrogens is 428 g/mol. The lowest BCUT2D eigenvalue weighted by molar-refractivity contribution is 0.112. The second-order valence-corrected chi connectivity index (χ2v) is 9.46. The van der Waals surface area contributed by atoms with Crippen LogP contribution in [0.3, 0.4) is 0 Å². The van der Waals surface area contributed by atoms with Crippen molar-refractivity contribution in [2.24, 2.45) is 0 Å². The van der Waals surface area contributed by atoms with E-state index in [4.69, 9.17) is 16.6 Å². The van der Waals surface area contributed by atoms with Gasteiger partial charge in [-0.15, -0.1) is 0 Å². The maximum atomic E-state index is 11.4. The minimum Gasteiger partial charge on any atom is -0.387 e. The highest BCUT2D eigenvalue weighted by molar-refractivity contribution is 6.30. The summed E-state index contributed by atoms with van der Waals surface area (Å²) in [6.45, 7) is 11.3. The zero-order valence-corrected chi connectivity index (χ0v) is 21.2. The molecule has 0 fully saturated rings. The van der Waals surface area contributed by atoms with Crippen LogP contribution in [0.15, 0.2) is 42.5 Å². The largest absolute Gasteiger partial charge is 0.387 e. The molecule has 0 spiro atoms. The van der Waals surface area contributed by atoms with Gasteiger partial charge in [0.25, 0.3) is 0 Å². The summed E-state index contributed by atoms with van der Waals surface area (Å²) in [5.74, 6) is 0. The van der Waals surface area contributed by atoms with E-state index in [1.165, 1.54) is 5.56 Å². The molecule has 33 heavy (non-hydrogen) atoms. The smallest absolute Gasteiger partial charge is 0.0924 e. The maximum Gasteiger partial charge on any atom is 0.0924 e. The molecule has 0 saturated heterocycles. The van der Waals surface area contributed by atoms with Crippen LogP contribution in [0.5, 0.6) is 0 Å². The third-order valence-corrected chi connectivity index (χ3v) is 6.31. The number of aromatic nitrogens is 1. The summed E-state index contributed by atoms with van der Waals surface area (Å²) in [4.78, 5) is 7.34. The SMILES string of the molecule is CCCCN(CCCC)CC(O)c1cc(/C=C/c2ccc(Cl)cc2)nc2c(C)cc(C)cc12. The first kappa shape index (κ1) is 25.4. The number of benzene rings is 2. The molecule has 0 bridgehead atoms. The summed E-state index contributed by atoms with van der Waals surface area (Å²) in [5, 5.41) is 13.2. The van der Waals surface area contributed by atoms with Gasteiger partial charge in [-0.05, 0) is 86.8 Å². The standard InChI is InChI=1S/C29H37ClN2O/c1-5-7-15-32(16-8-6-2)20-28(33)26-19-25(14-11-23-9-12-24(30)13-10-23)31-29-22(4)17-21(3)18-27(26)29/h9-14,17-19,28,33H,5-8,15-16,20H2,1-4H3/b14-11+. The van der Waals surface area contributed by atoms with Gasteiger partial charge in [-0.25, -0.2) is 4.98 Å². The second-order valence-electron chi connectivity index (χ2n) is 9.02. The predicted octanol–water partition coefficient (Wildman–Crippen LogP) is 7.61. The summed E-state index contributed by atoms with van der Waals surface area (Å²) in [6, 6.07) is 14.1. The molecule has 176 valence electrons. The minimum absolute atomic E-state index is 0.562. The van der Waals surface area contributed by atoms with Crippen molar-refractivity contribution in [3.8, 4) is 0 Å². The van der Waals surface area contributed by atoms with Gasteiger partial charge in [0, 0.05) is 17.0 Å². The molecule has 2 aromatic carbocycles. The summed E-state index contributed by atoms with van der Waals surface area (Å²) in [7, 11) is 0. The Morgan fingerprint density at radius 2 is 1.64 bits per heavy atom. The predicted molar refractivity (Wildman–Crippen MR) is 143 cm³/mol. The Balaban J connectivity index is 1.97. The average molecular weight is 465 g/mol. The van der Waals surface area contributed by atoms with Crippen LogP contribution >= 0.6 is 11.6 Å². The van der Waals surface area contributed by atoms with Gasteiger partial charge in [-0.3, -0.25) is 0 Å². The summed E-state index contributed by atoms with van der Waals surface area (Å²) in [6.07, 6.45) is 8.13. The lowest BCUT2D eigenvalue weighted by Crippen LogP contribution is -2.31. The van der Waals surface area contributed by atoms with E-state index >= 15 is 0 Å². The molecule has 0 radical (unpaired) electrons. The number of hydrogen-bond acceptors (Lipinski definition) is 3. The van der Waals surface area contributed by atoms with Crippen LogP contribution in [-0.2, 0) is 0 Å². The molecule has 3 nitrogen and oxygen atoms in total. The molecule has 0 saturated carbocycles. The number of nitrogens with zero attached hydrogens (tertiary/aromatic N) is 2. The number of aliphatic hydroxyl groups is 1. The van der Waals surface area contributed by atoms with Crippen LogP contribution in [0.25, 0.3) is 23.1 Å². The van der Waals surface area contributed by atoms with Crippen LogP contribution < -0.4 is 0 Å². The third kappa shape index (κ3) is 7.14. The van der Waals surface area contributed by atoms with E-state index in [1.54, 1.807) is 0 Å². The van der Waals surface area contributed by atoms with Crippen molar-refractivity contribution in [1.82, 2.24) is 9.88 Å². The number of hydrogen-bond donors (Lipinski definition) is 1. The number of pyridine rings is 1. The van der Waals surface area contributed by atoms with Crippen molar-refractivity contribution in [3.63, 3.8) is 0 Å². The number of fused-ring (bicyclic) bond motifs is 1. The van der Waals surface area contributed by atoms with E-state index in [0.717, 1.165) is 77.1 Å². The molecule has 3 aromatic rings. The molecule has 3 rings (SSSR count). The molecule has 0 aliphatic heterocycles. The van der Waals surface area contributed by atoms with Crippen LogP contribution in [0, 0.1) is 13.8 Å². The topological polar surface area (TPSA) is 36.4 Å². The highest BCUT2D eigenvalue weighted by Gasteiger charge is 2.18. The molecule has 0 aliphatic carbocycles. The fourth-order valence-corrected chi connectivity index (χ4v) is 4.37. The van der Waals surface area contributed by atoms with Gasteiger partial charge in [0.2, 0.25) is 0 Å². The number of aliphatic hydroxyl groups excluding tert-OH is 1. The Labute approximate surface area is 204 Å². The lowest BCUT2D eigenvalue weighted by Gasteiger charge is -2.26. The van der Waals surface area contributed by atoms with Crippen molar-refractivity contribution in [2.75, 3.05) is 19.6 Å². The molecule has 1 N–H and O–H groups in total. The van der Waals surface area contributed by atoms with Crippen LogP contribution in [0.2, 0.25) is 5.02 Å². The maximum absolute atomic E-state index is 11.4.